The summed E-state index contributed by atoms with van der Waals surface area (Å²) in [5.41, 5.74) is 1.81. The third kappa shape index (κ3) is 4.54. The summed E-state index contributed by atoms with van der Waals surface area (Å²) in [5.74, 6) is 2.01. The molecule has 170 valence electrons. The van der Waals surface area contributed by atoms with Gasteiger partial charge in [0.2, 0.25) is 0 Å². The summed E-state index contributed by atoms with van der Waals surface area (Å²) < 4.78 is 1.90. The van der Waals surface area contributed by atoms with Gasteiger partial charge in [0.15, 0.2) is 5.65 Å². The first kappa shape index (κ1) is 22.0. The van der Waals surface area contributed by atoms with E-state index in [9.17, 15) is 4.79 Å². The van der Waals surface area contributed by atoms with Crippen LogP contribution in [-0.2, 0) is 0 Å². The first-order valence-electron chi connectivity index (χ1n) is 11.7. The van der Waals surface area contributed by atoms with Crippen LogP contribution in [0.5, 0.6) is 0 Å². The predicted molar refractivity (Wildman–Crippen MR) is 127 cm³/mol. The molecule has 32 heavy (non-hydrogen) atoms. The Morgan fingerprint density at radius 2 is 1.91 bits per heavy atom. The lowest BCUT2D eigenvalue weighted by Gasteiger charge is -2.24. The highest BCUT2D eigenvalue weighted by Gasteiger charge is 2.24. The predicted octanol–water partition coefficient (Wildman–Crippen LogP) is 3.96. The number of rotatable bonds is 6. The average molecular weight is 436 g/mol. The Kier molecular flexibility index (Phi) is 6.87. The molecule has 0 aliphatic carbocycles. The van der Waals surface area contributed by atoms with Crippen molar-refractivity contribution in [2.75, 3.05) is 37.6 Å². The number of nitrogens with zero attached hydrogens (tertiary/aromatic N) is 6. The monoisotopic (exact) mass is 435 g/mol. The molecule has 0 spiro atoms. The fourth-order valence-electron chi connectivity index (χ4n) is 3.99. The number of hydrogen-bond acceptors (Lipinski definition) is 5. The lowest BCUT2D eigenvalue weighted by Crippen LogP contribution is -2.42. The molecule has 1 aromatic carbocycles. The summed E-state index contributed by atoms with van der Waals surface area (Å²) >= 11 is 0. The van der Waals surface area contributed by atoms with E-state index in [1.807, 2.05) is 46.1 Å². The van der Waals surface area contributed by atoms with Gasteiger partial charge in [0.05, 0.1) is 17.3 Å². The summed E-state index contributed by atoms with van der Waals surface area (Å²) in [6.07, 6.45) is 4.68. The maximum Gasteiger partial charge on any atom is 0.317 e. The summed E-state index contributed by atoms with van der Waals surface area (Å²) in [4.78, 5) is 26.6. The second-order valence-corrected chi connectivity index (χ2v) is 8.40. The number of fused-ring (bicyclic) bond motifs is 1. The maximum absolute atomic E-state index is 12.5. The third-order valence-corrected chi connectivity index (χ3v) is 6.09. The fourth-order valence-corrected chi connectivity index (χ4v) is 3.99. The van der Waals surface area contributed by atoms with Crippen molar-refractivity contribution in [2.45, 2.75) is 46.0 Å². The Bertz CT molecular complexity index is 1050. The molecule has 8 heteroatoms. The van der Waals surface area contributed by atoms with E-state index in [1.165, 1.54) is 0 Å². The summed E-state index contributed by atoms with van der Waals surface area (Å²) in [6, 6.07) is 10.1. The van der Waals surface area contributed by atoms with Gasteiger partial charge in [-0.2, -0.15) is 5.10 Å². The maximum atomic E-state index is 12.5. The standard InChI is InChI=1S/C24H33N7O/c1-4-12-25-24(32)30-14-9-13-29(15-16-30)22-20-17-26-31(19-10-7-6-8-11-19)23(20)28-21(27-22)18(3)5-2/h6-8,10-11,17-18H,4-5,9,12-16H2,1-3H3,(H,25,32)/t18-/m1/s1. The van der Waals surface area contributed by atoms with Crippen molar-refractivity contribution < 1.29 is 4.79 Å². The molecule has 0 bridgehead atoms. The van der Waals surface area contributed by atoms with Gasteiger partial charge in [-0.25, -0.2) is 19.4 Å². The smallest absolute Gasteiger partial charge is 0.317 e. The van der Waals surface area contributed by atoms with Crippen molar-refractivity contribution in [3.8, 4) is 5.69 Å². The van der Waals surface area contributed by atoms with E-state index in [1.54, 1.807) is 0 Å². The van der Waals surface area contributed by atoms with Gasteiger partial charge in [-0.15, -0.1) is 0 Å². The van der Waals surface area contributed by atoms with Gasteiger partial charge in [0, 0.05) is 38.6 Å². The normalized spacial score (nSPS) is 15.6. The Labute approximate surface area is 189 Å². The van der Waals surface area contributed by atoms with Gasteiger partial charge < -0.3 is 15.1 Å². The fraction of sp³-hybridized carbons (Fsp3) is 0.500. The van der Waals surface area contributed by atoms with Crippen LogP contribution in [0.2, 0.25) is 0 Å². The topological polar surface area (TPSA) is 79.2 Å². The number of carbonyl (C=O) groups excluding carboxylic acids is 1. The number of urea groups is 1. The molecule has 0 saturated carbocycles. The van der Waals surface area contributed by atoms with Crippen LogP contribution in [0.1, 0.15) is 51.8 Å². The Morgan fingerprint density at radius 1 is 1.09 bits per heavy atom. The summed E-state index contributed by atoms with van der Waals surface area (Å²) in [5, 5.41) is 8.61. The van der Waals surface area contributed by atoms with Crippen LogP contribution in [-0.4, -0.2) is 63.4 Å². The van der Waals surface area contributed by atoms with Gasteiger partial charge in [0.1, 0.15) is 11.6 Å². The van der Waals surface area contributed by atoms with Crippen molar-refractivity contribution in [1.29, 1.82) is 0 Å². The van der Waals surface area contributed by atoms with Crippen LogP contribution in [0.4, 0.5) is 10.6 Å². The Morgan fingerprint density at radius 3 is 2.66 bits per heavy atom. The van der Waals surface area contributed by atoms with Gasteiger partial charge in [-0.1, -0.05) is 39.0 Å². The summed E-state index contributed by atoms with van der Waals surface area (Å²) in [7, 11) is 0. The van der Waals surface area contributed by atoms with E-state index in [0.717, 1.165) is 67.3 Å². The lowest BCUT2D eigenvalue weighted by atomic mass is 10.1. The molecule has 1 aliphatic rings. The van der Waals surface area contributed by atoms with Crippen LogP contribution in [0.3, 0.4) is 0 Å². The number of hydrogen-bond donors (Lipinski definition) is 1. The number of aromatic nitrogens is 4. The molecule has 1 atom stereocenters. The zero-order chi connectivity index (χ0) is 22.5. The third-order valence-electron chi connectivity index (χ3n) is 6.09. The molecule has 1 N–H and O–H groups in total. The molecule has 2 aromatic heterocycles. The van der Waals surface area contributed by atoms with Crippen molar-refractivity contribution in [2.24, 2.45) is 0 Å². The number of carbonyl (C=O) groups is 1. The van der Waals surface area contributed by atoms with Crippen LogP contribution in [0, 0.1) is 0 Å². The zero-order valence-corrected chi connectivity index (χ0v) is 19.3. The van der Waals surface area contributed by atoms with Gasteiger partial charge >= 0.3 is 6.03 Å². The number of para-hydroxylation sites is 1. The Hall–Kier alpha value is -3.16. The lowest BCUT2D eigenvalue weighted by molar-refractivity contribution is 0.201. The minimum Gasteiger partial charge on any atom is -0.354 e. The second-order valence-electron chi connectivity index (χ2n) is 8.40. The highest BCUT2D eigenvalue weighted by Crippen LogP contribution is 2.29. The number of benzene rings is 1. The molecule has 1 fully saturated rings. The quantitative estimate of drug-likeness (QED) is 0.634. The van der Waals surface area contributed by atoms with E-state index in [-0.39, 0.29) is 11.9 Å². The van der Waals surface area contributed by atoms with E-state index in [4.69, 9.17) is 9.97 Å². The molecule has 2 amide bonds. The van der Waals surface area contributed by atoms with Crippen LogP contribution < -0.4 is 10.2 Å². The average Bonchev–Trinajstić information content (AvgIpc) is 3.11. The van der Waals surface area contributed by atoms with E-state index in [2.05, 4.69) is 36.1 Å². The molecule has 4 rings (SSSR count). The number of nitrogens with one attached hydrogen (secondary N) is 1. The van der Waals surface area contributed by atoms with Crippen molar-refractivity contribution in [3.63, 3.8) is 0 Å². The highest BCUT2D eigenvalue weighted by atomic mass is 16.2. The minimum absolute atomic E-state index is 0.0266. The molecular weight excluding hydrogens is 402 g/mol. The molecule has 1 saturated heterocycles. The Balaban J connectivity index is 1.68. The van der Waals surface area contributed by atoms with Crippen molar-refractivity contribution in [3.05, 3.63) is 42.4 Å². The number of amides is 2. The van der Waals surface area contributed by atoms with Crippen LogP contribution >= 0.6 is 0 Å². The van der Waals surface area contributed by atoms with Gasteiger partial charge in [0.25, 0.3) is 0 Å². The molecule has 0 radical (unpaired) electrons. The second kappa shape index (κ2) is 9.97. The van der Waals surface area contributed by atoms with E-state index < -0.39 is 0 Å². The van der Waals surface area contributed by atoms with Crippen molar-refractivity contribution >= 4 is 22.9 Å². The van der Waals surface area contributed by atoms with E-state index >= 15 is 0 Å². The molecule has 3 aromatic rings. The molecule has 3 heterocycles. The van der Waals surface area contributed by atoms with E-state index in [0.29, 0.717) is 13.1 Å². The minimum atomic E-state index is 0.0266. The molecule has 0 unspecified atom stereocenters. The van der Waals surface area contributed by atoms with Crippen LogP contribution in [0.15, 0.2) is 36.5 Å². The largest absolute Gasteiger partial charge is 0.354 e. The first-order chi connectivity index (χ1) is 15.6. The SMILES string of the molecule is CCCNC(=O)N1CCCN(c2nc([C@H](C)CC)nc3c2cnn3-c2ccccc2)CC1. The zero-order valence-electron chi connectivity index (χ0n) is 19.3. The highest BCUT2D eigenvalue weighted by molar-refractivity contribution is 5.88. The van der Waals surface area contributed by atoms with Crippen LogP contribution in [0.25, 0.3) is 16.7 Å². The van der Waals surface area contributed by atoms with Gasteiger partial charge in [-0.05, 0) is 31.4 Å². The van der Waals surface area contributed by atoms with Gasteiger partial charge in [-0.3, -0.25) is 0 Å². The van der Waals surface area contributed by atoms with Crippen molar-refractivity contribution in [1.82, 2.24) is 30.0 Å². The molecular formula is C24H33N7O. The number of anilines is 1. The first-order valence-corrected chi connectivity index (χ1v) is 11.7. The summed E-state index contributed by atoms with van der Waals surface area (Å²) in [6.45, 7) is 10.1. The molecule has 1 aliphatic heterocycles. The molecule has 8 nitrogen and oxygen atoms in total.